The molecule has 1 nitrogen and oxygen atoms in total. The van der Waals surface area contributed by atoms with Crippen molar-refractivity contribution in [1.82, 2.24) is 4.90 Å². The Morgan fingerprint density at radius 3 is 1.71 bits per heavy atom. The summed E-state index contributed by atoms with van der Waals surface area (Å²) < 4.78 is 0.620. The van der Waals surface area contributed by atoms with E-state index in [0.29, 0.717) is 4.32 Å². The molecule has 0 spiro atoms. The molecule has 0 amide bonds. The molecule has 0 aromatic carbocycles. The van der Waals surface area contributed by atoms with Crippen molar-refractivity contribution >= 4 is 29.2 Å². The Morgan fingerprint density at radius 2 is 1.71 bits per heavy atom. The van der Waals surface area contributed by atoms with E-state index in [0.717, 1.165) is 0 Å². The molecule has 4 heteroatoms. The van der Waals surface area contributed by atoms with Crippen LogP contribution < -0.4 is 0 Å². The Balaban J connectivity index is 0. The van der Waals surface area contributed by atoms with Gasteiger partial charge in [-0.15, -0.1) is 12.6 Å². The van der Waals surface area contributed by atoms with E-state index in [1.807, 2.05) is 14.1 Å². The minimum absolute atomic E-state index is 0. The number of hydrogen-bond acceptors (Lipinski definition) is 1. The van der Waals surface area contributed by atoms with Gasteiger partial charge in [0, 0.05) is 14.1 Å². The normalized spacial score (nSPS) is 6.71. The van der Waals surface area contributed by atoms with Gasteiger partial charge in [0.1, 0.15) is 4.32 Å². The summed E-state index contributed by atoms with van der Waals surface area (Å²) in [6, 6.07) is 0. The maximum atomic E-state index is 4.61. The number of rotatable bonds is 0. The molecule has 0 rings (SSSR count). The van der Waals surface area contributed by atoms with Gasteiger partial charge in [-0.3, -0.25) is 0 Å². The molecular formula is C3H7NNiS2+2. The van der Waals surface area contributed by atoms with Crippen LogP contribution in [0.3, 0.4) is 0 Å². The molecule has 0 saturated carbocycles. The Morgan fingerprint density at radius 1 is 1.57 bits per heavy atom. The summed E-state index contributed by atoms with van der Waals surface area (Å²) in [5.74, 6) is 0. The third kappa shape index (κ3) is 6.73. The fraction of sp³-hybridized carbons (Fsp3) is 0.667. The fourth-order valence-corrected chi connectivity index (χ4v) is 0. The van der Waals surface area contributed by atoms with Gasteiger partial charge in [-0.05, 0) is 0 Å². The average molecular weight is 180 g/mol. The molecule has 0 atom stereocenters. The van der Waals surface area contributed by atoms with E-state index in [2.05, 4.69) is 24.8 Å². The smallest absolute Gasteiger partial charge is 0.364 e. The quantitative estimate of drug-likeness (QED) is 0.333. The molecular weight excluding hydrogens is 173 g/mol. The van der Waals surface area contributed by atoms with Crippen molar-refractivity contribution in [3.63, 3.8) is 0 Å². The standard InChI is InChI=1S/C3H7NS2.Ni/c1-4(2)3(5)6;/h1-2H3,(H,5,6);/q;+2. The maximum Gasteiger partial charge on any atom is 2.00 e. The molecule has 0 aromatic heterocycles. The Hall–Kier alpha value is 0.734. The van der Waals surface area contributed by atoms with Gasteiger partial charge in [0.05, 0.1) is 0 Å². The topological polar surface area (TPSA) is 3.24 Å². The number of nitrogens with zero attached hydrogens (tertiary/aromatic N) is 1. The second-order valence-corrected chi connectivity index (χ2v) is 2.29. The average Bonchev–Trinajstić information content (AvgIpc) is 1.36. The van der Waals surface area contributed by atoms with Gasteiger partial charge in [-0.25, -0.2) is 0 Å². The van der Waals surface area contributed by atoms with Crippen LogP contribution in [0.5, 0.6) is 0 Å². The zero-order chi connectivity index (χ0) is 5.15. The maximum absolute atomic E-state index is 4.61. The van der Waals surface area contributed by atoms with E-state index in [4.69, 9.17) is 0 Å². The summed E-state index contributed by atoms with van der Waals surface area (Å²) >= 11 is 8.46. The Bertz CT molecular complexity index is 64.0. The van der Waals surface area contributed by atoms with Crippen LogP contribution in [-0.2, 0) is 16.5 Å². The second kappa shape index (κ2) is 4.88. The van der Waals surface area contributed by atoms with Gasteiger partial charge in [-0.1, -0.05) is 12.2 Å². The number of thiol groups is 1. The minimum Gasteiger partial charge on any atom is -0.364 e. The van der Waals surface area contributed by atoms with Gasteiger partial charge < -0.3 is 4.90 Å². The molecule has 0 bridgehead atoms. The van der Waals surface area contributed by atoms with Crippen molar-refractivity contribution in [2.75, 3.05) is 14.1 Å². The van der Waals surface area contributed by atoms with Crippen molar-refractivity contribution in [3.05, 3.63) is 0 Å². The molecule has 7 heavy (non-hydrogen) atoms. The second-order valence-electron chi connectivity index (χ2n) is 1.18. The largest absolute Gasteiger partial charge is 2.00 e. The number of hydrogen-bond donors (Lipinski definition) is 1. The van der Waals surface area contributed by atoms with E-state index in [9.17, 15) is 0 Å². The predicted molar refractivity (Wildman–Crippen MR) is 35.3 cm³/mol. The number of thiocarbonyl (C=S) groups is 1. The summed E-state index contributed by atoms with van der Waals surface area (Å²) in [5.41, 5.74) is 0. The summed E-state index contributed by atoms with van der Waals surface area (Å²) in [7, 11) is 3.71. The van der Waals surface area contributed by atoms with Crippen molar-refractivity contribution < 1.29 is 16.5 Å². The van der Waals surface area contributed by atoms with Gasteiger partial charge in [0.25, 0.3) is 0 Å². The van der Waals surface area contributed by atoms with Crippen LogP contribution >= 0.6 is 24.8 Å². The molecule has 0 aliphatic heterocycles. The van der Waals surface area contributed by atoms with Crippen molar-refractivity contribution in [2.45, 2.75) is 0 Å². The van der Waals surface area contributed by atoms with E-state index in [1.54, 1.807) is 4.90 Å². The van der Waals surface area contributed by atoms with Gasteiger partial charge in [0.2, 0.25) is 0 Å². The first kappa shape index (κ1) is 10.7. The summed E-state index contributed by atoms with van der Waals surface area (Å²) in [6.07, 6.45) is 0. The molecule has 0 radical (unpaired) electrons. The third-order valence-electron chi connectivity index (χ3n) is 0.383. The van der Waals surface area contributed by atoms with Crippen LogP contribution in [0.1, 0.15) is 0 Å². The molecule has 0 aliphatic rings. The first-order valence-electron chi connectivity index (χ1n) is 1.55. The Labute approximate surface area is 64.8 Å². The summed E-state index contributed by atoms with van der Waals surface area (Å²) in [4.78, 5) is 1.76. The van der Waals surface area contributed by atoms with E-state index >= 15 is 0 Å². The van der Waals surface area contributed by atoms with E-state index in [-0.39, 0.29) is 16.5 Å². The van der Waals surface area contributed by atoms with Gasteiger partial charge in [0.15, 0.2) is 0 Å². The van der Waals surface area contributed by atoms with Crippen molar-refractivity contribution in [3.8, 4) is 0 Å². The SMILES string of the molecule is CN(C)C(=S)S.[Ni+2]. The molecule has 0 aromatic rings. The van der Waals surface area contributed by atoms with Crippen LogP contribution in [-0.4, -0.2) is 23.3 Å². The molecule has 0 saturated heterocycles. The summed E-state index contributed by atoms with van der Waals surface area (Å²) in [6.45, 7) is 0. The van der Waals surface area contributed by atoms with Crippen LogP contribution in [0.4, 0.5) is 0 Å². The van der Waals surface area contributed by atoms with Crippen LogP contribution in [0.2, 0.25) is 0 Å². The fourth-order valence-electron chi connectivity index (χ4n) is 0. The molecule has 0 heterocycles. The minimum atomic E-state index is 0. The monoisotopic (exact) mass is 179 g/mol. The third-order valence-corrected chi connectivity index (χ3v) is 1.15. The molecule has 0 fully saturated rings. The van der Waals surface area contributed by atoms with E-state index < -0.39 is 0 Å². The Kier molecular flexibility index (Phi) is 7.44. The molecule has 44 valence electrons. The zero-order valence-corrected chi connectivity index (χ0v) is 6.82. The first-order valence-corrected chi connectivity index (χ1v) is 2.40. The van der Waals surface area contributed by atoms with Crippen LogP contribution in [0, 0.1) is 0 Å². The van der Waals surface area contributed by atoms with Gasteiger partial charge >= 0.3 is 16.5 Å². The van der Waals surface area contributed by atoms with Crippen LogP contribution in [0.15, 0.2) is 0 Å². The van der Waals surface area contributed by atoms with Crippen LogP contribution in [0.25, 0.3) is 0 Å². The first-order chi connectivity index (χ1) is 2.64. The van der Waals surface area contributed by atoms with Crippen molar-refractivity contribution in [2.24, 2.45) is 0 Å². The zero-order valence-electron chi connectivity index (χ0n) is 4.12. The molecule has 0 N–H and O–H groups in total. The molecule has 0 unspecified atom stereocenters. The van der Waals surface area contributed by atoms with Crippen molar-refractivity contribution in [1.29, 1.82) is 0 Å². The predicted octanol–water partition coefficient (Wildman–Crippen LogP) is 0.760. The van der Waals surface area contributed by atoms with E-state index in [1.165, 1.54) is 0 Å². The van der Waals surface area contributed by atoms with Gasteiger partial charge in [-0.2, -0.15) is 0 Å². The molecule has 0 aliphatic carbocycles. The summed E-state index contributed by atoms with van der Waals surface area (Å²) in [5, 5.41) is 0.